The summed E-state index contributed by atoms with van der Waals surface area (Å²) >= 11 is 1.28. The van der Waals surface area contributed by atoms with Crippen LogP contribution in [0.25, 0.3) is 11.0 Å². The smallest absolute Gasteiger partial charge is 0.146 e. The summed E-state index contributed by atoms with van der Waals surface area (Å²) in [4.78, 5) is 4.65. The van der Waals surface area contributed by atoms with E-state index < -0.39 is 0 Å². The van der Waals surface area contributed by atoms with E-state index in [-0.39, 0.29) is 0 Å². The summed E-state index contributed by atoms with van der Waals surface area (Å²) < 4.78 is 10.8. The highest BCUT2D eigenvalue weighted by Crippen LogP contribution is 2.27. The van der Waals surface area contributed by atoms with Gasteiger partial charge in [-0.2, -0.15) is 8.75 Å². The Morgan fingerprint density at radius 3 is 2.88 bits per heavy atom. The van der Waals surface area contributed by atoms with E-state index in [1.54, 1.807) is 0 Å². The minimum Gasteiger partial charge on any atom is -0.317 e. The second-order valence-electron chi connectivity index (χ2n) is 7.43. The zero-order valence-electron chi connectivity index (χ0n) is 15.6. The van der Waals surface area contributed by atoms with Gasteiger partial charge in [-0.3, -0.25) is 4.90 Å². The van der Waals surface area contributed by atoms with Gasteiger partial charge >= 0.3 is 0 Å². The first-order valence-electron chi connectivity index (χ1n) is 9.06. The zero-order valence-corrected chi connectivity index (χ0v) is 16.4. The lowest BCUT2D eigenvalue weighted by atomic mass is 9.96. The predicted molar refractivity (Wildman–Crippen MR) is 103 cm³/mol. The number of aromatic nitrogens is 5. The number of piperidine rings is 1. The number of benzene rings is 1. The van der Waals surface area contributed by atoms with Gasteiger partial charge < -0.3 is 9.47 Å². The van der Waals surface area contributed by atoms with E-state index in [1.807, 2.05) is 0 Å². The van der Waals surface area contributed by atoms with E-state index in [1.165, 1.54) is 30.1 Å². The van der Waals surface area contributed by atoms with Crippen LogP contribution in [0.2, 0.25) is 0 Å². The van der Waals surface area contributed by atoms with Crippen LogP contribution in [0.15, 0.2) is 18.2 Å². The molecule has 0 unspecified atom stereocenters. The first-order chi connectivity index (χ1) is 12.6. The second kappa shape index (κ2) is 7.38. The topological polar surface area (TPSA) is 63.0 Å². The molecule has 1 saturated heterocycles. The zero-order chi connectivity index (χ0) is 18.1. The molecule has 0 spiro atoms. The van der Waals surface area contributed by atoms with Crippen LogP contribution in [-0.2, 0) is 20.1 Å². The van der Waals surface area contributed by atoms with Gasteiger partial charge in [-0.25, -0.2) is 0 Å². The third-order valence-electron chi connectivity index (χ3n) is 5.05. The maximum absolute atomic E-state index is 4.51. The Balaban J connectivity index is 1.46. The van der Waals surface area contributed by atoms with Gasteiger partial charge in [0.15, 0.2) is 0 Å². The molecule has 3 aromatic rings. The molecule has 1 aliphatic rings. The highest BCUT2D eigenvalue weighted by atomic mass is 32.1. The van der Waals surface area contributed by atoms with E-state index in [0.29, 0.717) is 5.92 Å². The van der Waals surface area contributed by atoms with Gasteiger partial charge in [0.1, 0.15) is 22.7 Å². The summed E-state index contributed by atoms with van der Waals surface area (Å²) in [6, 6.07) is 6.41. The van der Waals surface area contributed by atoms with E-state index in [9.17, 15) is 0 Å². The van der Waals surface area contributed by atoms with Crippen molar-refractivity contribution in [3.8, 4) is 0 Å². The summed E-state index contributed by atoms with van der Waals surface area (Å²) in [5.74, 6) is 2.59. The molecular weight excluding hydrogens is 346 g/mol. The van der Waals surface area contributed by atoms with Gasteiger partial charge in [-0.05, 0) is 51.2 Å². The fraction of sp³-hybridized carbons (Fsp3) is 0.556. The monoisotopic (exact) mass is 371 g/mol. The molecule has 1 aromatic carbocycles. The molecule has 0 bridgehead atoms. The number of likely N-dealkylation sites (tertiary alicyclic amines) is 1. The Labute approximate surface area is 158 Å². The average Bonchev–Trinajstić information content (AvgIpc) is 3.22. The maximum atomic E-state index is 4.51. The van der Waals surface area contributed by atoms with Crippen LogP contribution < -0.4 is 0 Å². The first kappa shape index (κ1) is 17.5. The van der Waals surface area contributed by atoms with Crippen molar-refractivity contribution in [1.82, 2.24) is 33.3 Å². The Morgan fingerprint density at radius 1 is 1.19 bits per heavy atom. The van der Waals surface area contributed by atoms with Crippen molar-refractivity contribution in [2.75, 3.05) is 27.2 Å². The second-order valence-corrected chi connectivity index (χ2v) is 7.96. The number of hydrogen-bond acceptors (Lipinski definition) is 7. The van der Waals surface area contributed by atoms with Crippen molar-refractivity contribution >= 4 is 22.8 Å². The molecule has 1 atom stereocenters. The van der Waals surface area contributed by atoms with Crippen LogP contribution in [0.4, 0.5) is 0 Å². The third-order valence-corrected chi connectivity index (χ3v) is 5.61. The van der Waals surface area contributed by atoms with Crippen molar-refractivity contribution < 1.29 is 0 Å². The largest absolute Gasteiger partial charge is 0.317 e. The quantitative estimate of drug-likeness (QED) is 0.686. The van der Waals surface area contributed by atoms with Gasteiger partial charge in [-0.15, -0.1) is 10.2 Å². The van der Waals surface area contributed by atoms with E-state index in [0.717, 1.165) is 48.9 Å². The number of hydrogen-bond donors (Lipinski definition) is 0. The lowest BCUT2D eigenvalue weighted by Crippen LogP contribution is -2.34. The van der Waals surface area contributed by atoms with Crippen molar-refractivity contribution in [3.05, 3.63) is 35.4 Å². The molecule has 0 N–H and O–H groups in total. The van der Waals surface area contributed by atoms with Gasteiger partial charge in [-0.1, -0.05) is 6.07 Å². The van der Waals surface area contributed by atoms with Crippen LogP contribution in [0.3, 0.4) is 0 Å². The van der Waals surface area contributed by atoms with Crippen LogP contribution in [-0.4, -0.2) is 60.5 Å². The van der Waals surface area contributed by atoms with Gasteiger partial charge in [0.25, 0.3) is 0 Å². The number of nitrogens with zero attached hydrogens (tertiary/aromatic N) is 7. The predicted octanol–water partition coefficient (Wildman–Crippen LogP) is 2.26. The normalized spacial score (nSPS) is 18.8. The highest BCUT2D eigenvalue weighted by Gasteiger charge is 2.26. The molecule has 0 saturated carbocycles. The summed E-state index contributed by atoms with van der Waals surface area (Å²) in [5, 5.41) is 8.92. The van der Waals surface area contributed by atoms with Gasteiger partial charge in [0.2, 0.25) is 0 Å². The SMILES string of the molecule is CN(C)Cc1nnc([C@H]2CCCN(Cc3ccc4nsnc4c3)C2)n1C. The molecule has 1 fully saturated rings. The molecule has 138 valence electrons. The van der Waals surface area contributed by atoms with Gasteiger partial charge in [0.05, 0.1) is 18.3 Å². The van der Waals surface area contributed by atoms with Crippen molar-refractivity contribution in [3.63, 3.8) is 0 Å². The average molecular weight is 372 g/mol. The van der Waals surface area contributed by atoms with Crippen molar-refractivity contribution in [2.24, 2.45) is 7.05 Å². The molecule has 1 aliphatic heterocycles. The third kappa shape index (κ3) is 3.62. The molecule has 0 amide bonds. The Bertz CT molecular complexity index is 885. The lowest BCUT2D eigenvalue weighted by molar-refractivity contribution is 0.195. The molecule has 3 heterocycles. The van der Waals surface area contributed by atoms with Crippen LogP contribution in [0, 0.1) is 0 Å². The molecule has 0 aliphatic carbocycles. The molecular formula is C18H25N7S. The standard InChI is InChI=1S/C18H25N7S/c1-23(2)12-17-19-20-18(24(17)3)14-5-4-8-25(11-14)10-13-6-7-15-16(9-13)22-26-21-15/h6-7,9,14H,4-5,8,10-12H2,1-3H3/t14-/m0/s1. The molecule has 8 heteroatoms. The van der Waals surface area contributed by atoms with Crippen molar-refractivity contribution in [1.29, 1.82) is 0 Å². The lowest BCUT2D eigenvalue weighted by Gasteiger charge is -2.32. The molecule has 26 heavy (non-hydrogen) atoms. The summed E-state index contributed by atoms with van der Waals surface area (Å²) in [6.07, 6.45) is 2.38. The minimum atomic E-state index is 0.446. The Kier molecular flexibility index (Phi) is 4.97. The van der Waals surface area contributed by atoms with Crippen LogP contribution in [0.5, 0.6) is 0 Å². The van der Waals surface area contributed by atoms with Gasteiger partial charge in [0, 0.05) is 26.1 Å². The van der Waals surface area contributed by atoms with E-state index in [2.05, 4.69) is 72.7 Å². The summed E-state index contributed by atoms with van der Waals surface area (Å²) in [5.41, 5.74) is 3.29. The summed E-state index contributed by atoms with van der Waals surface area (Å²) in [6.45, 7) is 3.93. The van der Waals surface area contributed by atoms with E-state index in [4.69, 9.17) is 0 Å². The molecule has 4 rings (SSSR count). The Morgan fingerprint density at radius 2 is 2.04 bits per heavy atom. The van der Waals surface area contributed by atoms with E-state index >= 15 is 0 Å². The van der Waals surface area contributed by atoms with Crippen molar-refractivity contribution in [2.45, 2.75) is 31.8 Å². The van der Waals surface area contributed by atoms with Crippen LogP contribution >= 0.6 is 11.7 Å². The Hall–Kier alpha value is -1.90. The summed E-state index contributed by atoms with van der Waals surface area (Å²) in [7, 11) is 6.22. The number of fused-ring (bicyclic) bond motifs is 1. The fourth-order valence-corrected chi connectivity index (χ4v) is 4.26. The minimum absolute atomic E-state index is 0.446. The maximum Gasteiger partial charge on any atom is 0.146 e. The fourth-order valence-electron chi connectivity index (χ4n) is 3.75. The number of rotatable bonds is 5. The van der Waals surface area contributed by atoms with Crippen LogP contribution in [0.1, 0.15) is 36.0 Å². The highest BCUT2D eigenvalue weighted by molar-refractivity contribution is 7.00. The molecule has 0 radical (unpaired) electrons. The molecule has 2 aromatic heterocycles. The molecule has 7 nitrogen and oxygen atoms in total. The first-order valence-corrected chi connectivity index (χ1v) is 9.79.